The van der Waals surface area contributed by atoms with Crippen LogP contribution in [0.2, 0.25) is 0 Å². The summed E-state index contributed by atoms with van der Waals surface area (Å²) < 4.78 is 1.41. The number of piperazine rings is 1. The lowest BCUT2D eigenvalue weighted by molar-refractivity contribution is 0.0452. The van der Waals surface area contributed by atoms with Crippen molar-refractivity contribution < 1.29 is 0 Å². The van der Waals surface area contributed by atoms with Crippen molar-refractivity contribution in [3.63, 3.8) is 0 Å². The lowest BCUT2D eigenvalue weighted by Crippen LogP contribution is -2.60. The van der Waals surface area contributed by atoms with E-state index < -0.39 is 0 Å². The molecule has 3 heteroatoms. The third-order valence-electron chi connectivity index (χ3n) is 4.92. The molecular formula is C17H24N2S. The van der Waals surface area contributed by atoms with Crippen molar-refractivity contribution in [2.24, 2.45) is 0 Å². The summed E-state index contributed by atoms with van der Waals surface area (Å²) in [5, 5.41) is 7.38. The van der Waals surface area contributed by atoms with Crippen LogP contribution in [-0.2, 0) is 6.54 Å². The maximum Gasteiger partial charge on any atom is 0.0346 e. The second kappa shape index (κ2) is 5.84. The number of fused-ring (bicyclic) bond motifs is 1. The fourth-order valence-electron chi connectivity index (χ4n) is 3.44. The number of thiophene rings is 1. The lowest BCUT2D eigenvalue weighted by atomic mass is 9.88. The molecule has 2 aromatic rings. The van der Waals surface area contributed by atoms with Gasteiger partial charge in [0.25, 0.3) is 0 Å². The molecule has 108 valence electrons. The van der Waals surface area contributed by atoms with Gasteiger partial charge in [0.15, 0.2) is 0 Å². The minimum Gasteiger partial charge on any atom is -0.314 e. The van der Waals surface area contributed by atoms with Crippen molar-refractivity contribution in [1.82, 2.24) is 10.2 Å². The highest BCUT2D eigenvalue weighted by Crippen LogP contribution is 2.31. The highest BCUT2D eigenvalue weighted by atomic mass is 32.1. The van der Waals surface area contributed by atoms with E-state index in [-0.39, 0.29) is 0 Å². The van der Waals surface area contributed by atoms with Gasteiger partial charge in [0.1, 0.15) is 0 Å². The molecule has 1 aromatic carbocycles. The Hall–Kier alpha value is -0.900. The summed E-state index contributed by atoms with van der Waals surface area (Å²) in [6.45, 7) is 9.15. The van der Waals surface area contributed by atoms with E-state index in [1.54, 1.807) is 0 Å². The second-order valence-corrected chi connectivity index (χ2v) is 6.70. The van der Waals surface area contributed by atoms with E-state index in [0.29, 0.717) is 5.54 Å². The first-order valence-corrected chi connectivity index (χ1v) is 8.58. The molecule has 2 heterocycles. The second-order valence-electron chi connectivity index (χ2n) is 5.79. The van der Waals surface area contributed by atoms with E-state index >= 15 is 0 Å². The van der Waals surface area contributed by atoms with Crippen LogP contribution in [0.1, 0.15) is 32.3 Å². The summed E-state index contributed by atoms with van der Waals surface area (Å²) >= 11 is 1.88. The Bertz CT molecular complexity index is 571. The SMILES string of the molecule is CCC1(CC)CNCCN1Cc1csc2ccccc12. The molecule has 0 saturated carbocycles. The highest BCUT2D eigenvalue weighted by molar-refractivity contribution is 7.17. The first kappa shape index (κ1) is 14.1. The Labute approximate surface area is 125 Å². The molecule has 1 aliphatic rings. The predicted molar refractivity (Wildman–Crippen MR) is 88.4 cm³/mol. The molecule has 0 aliphatic carbocycles. The van der Waals surface area contributed by atoms with Gasteiger partial charge in [-0.05, 0) is 35.2 Å². The maximum atomic E-state index is 3.59. The molecule has 3 rings (SSSR count). The minimum atomic E-state index is 0.335. The maximum absolute atomic E-state index is 3.59. The summed E-state index contributed by atoms with van der Waals surface area (Å²) in [7, 11) is 0. The number of hydrogen-bond acceptors (Lipinski definition) is 3. The van der Waals surface area contributed by atoms with Gasteiger partial charge in [-0.15, -0.1) is 11.3 Å². The van der Waals surface area contributed by atoms with Crippen LogP contribution in [-0.4, -0.2) is 30.1 Å². The molecule has 0 atom stereocenters. The molecule has 1 saturated heterocycles. The fraction of sp³-hybridized carbons (Fsp3) is 0.529. The average molecular weight is 288 g/mol. The van der Waals surface area contributed by atoms with Gasteiger partial charge in [-0.1, -0.05) is 32.0 Å². The van der Waals surface area contributed by atoms with Gasteiger partial charge >= 0.3 is 0 Å². The molecule has 0 unspecified atom stereocenters. The molecule has 2 nitrogen and oxygen atoms in total. The summed E-state index contributed by atoms with van der Waals surface area (Å²) in [6, 6.07) is 8.79. The van der Waals surface area contributed by atoms with Crippen LogP contribution in [0, 0.1) is 0 Å². The van der Waals surface area contributed by atoms with Crippen LogP contribution in [0.5, 0.6) is 0 Å². The van der Waals surface area contributed by atoms with Crippen LogP contribution < -0.4 is 5.32 Å². The van der Waals surface area contributed by atoms with Crippen LogP contribution in [0.15, 0.2) is 29.6 Å². The third-order valence-corrected chi connectivity index (χ3v) is 5.93. The van der Waals surface area contributed by atoms with Gasteiger partial charge in [0, 0.05) is 36.4 Å². The van der Waals surface area contributed by atoms with Crippen LogP contribution in [0.3, 0.4) is 0 Å². The van der Waals surface area contributed by atoms with Gasteiger partial charge in [-0.2, -0.15) is 0 Å². The Morgan fingerprint density at radius 2 is 2.05 bits per heavy atom. The summed E-state index contributed by atoms with van der Waals surface area (Å²) in [5.74, 6) is 0. The quantitative estimate of drug-likeness (QED) is 0.919. The van der Waals surface area contributed by atoms with Crippen molar-refractivity contribution in [3.05, 3.63) is 35.2 Å². The molecule has 1 N–H and O–H groups in total. The van der Waals surface area contributed by atoms with E-state index in [1.165, 1.54) is 28.5 Å². The Morgan fingerprint density at radius 1 is 1.25 bits per heavy atom. The highest BCUT2D eigenvalue weighted by Gasteiger charge is 2.35. The van der Waals surface area contributed by atoms with Crippen molar-refractivity contribution in [1.29, 1.82) is 0 Å². The zero-order valence-electron chi connectivity index (χ0n) is 12.5. The monoisotopic (exact) mass is 288 g/mol. The van der Waals surface area contributed by atoms with Crippen LogP contribution >= 0.6 is 11.3 Å². The summed E-state index contributed by atoms with van der Waals surface area (Å²) in [4.78, 5) is 2.71. The molecule has 0 amide bonds. The summed E-state index contributed by atoms with van der Waals surface area (Å²) in [5.41, 5.74) is 1.83. The molecule has 1 aliphatic heterocycles. The van der Waals surface area contributed by atoms with Crippen LogP contribution in [0.4, 0.5) is 0 Å². The third kappa shape index (κ3) is 2.39. The van der Waals surface area contributed by atoms with E-state index in [0.717, 1.165) is 26.2 Å². The Kier molecular flexibility index (Phi) is 4.11. The van der Waals surface area contributed by atoms with Crippen molar-refractivity contribution in [3.8, 4) is 0 Å². The van der Waals surface area contributed by atoms with Crippen molar-refractivity contribution in [2.75, 3.05) is 19.6 Å². The Morgan fingerprint density at radius 3 is 2.85 bits per heavy atom. The average Bonchev–Trinajstić information content (AvgIpc) is 2.91. The van der Waals surface area contributed by atoms with Gasteiger partial charge in [-0.3, -0.25) is 4.90 Å². The first-order valence-electron chi connectivity index (χ1n) is 7.70. The van der Waals surface area contributed by atoms with Gasteiger partial charge in [0.05, 0.1) is 0 Å². The number of nitrogens with one attached hydrogen (secondary N) is 1. The minimum absolute atomic E-state index is 0.335. The largest absolute Gasteiger partial charge is 0.314 e. The van der Waals surface area contributed by atoms with E-state index in [9.17, 15) is 0 Å². The molecular weight excluding hydrogens is 264 g/mol. The summed E-state index contributed by atoms with van der Waals surface area (Å²) in [6.07, 6.45) is 2.44. The van der Waals surface area contributed by atoms with Gasteiger partial charge in [-0.25, -0.2) is 0 Å². The molecule has 1 aromatic heterocycles. The topological polar surface area (TPSA) is 15.3 Å². The van der Waals surface area contributed by atoms with Crippen molar-refractivity contribution >= 4 is 21.4 Å². The van der Waals surface area contributed by atoms with Gasteiger partial charge in [0.2, 0.25) is 0 Å². The standard InChI is InChI=1S/C17H24N2S/c1-3-17(4-2)13-18-9-10-19(17)11-14-12-20-16-8-6-5-7-15(14)16/h5-8,12,18H,3-4,9-11,13H2,1-2H3. The molecule has 1 fully saturated rings. The number of hydrogen-bond donors (Lipinski definition) is 1. The van der Waals surface area contributed by atoms with E-state index in [2.05, 4.69) is 53.7 Å². The predicted octanol–water partition coefficient (Wildman–Crippen LogP) is 3.87. The van der Waals surface area contributed by atoms with Gasteiger partial charge < -0.3 is 5.32 Å². The Balaban J connectivity index is 1.88. The molecule has 0 bridgehead atoms. The lowest BCUT2D eigenvalue weighted by Gasteiger charge is -2.47. The molecule has 0 spiro atoms. The number of benzene rings is 1. The normalized spacial score (nSPS) is 19.5. The number of nitrogens with zero attached hydrogens (tertiary/aromatic N) is 1. The smallest absolute Gasteiger partial charge is 0.0346 e. The molecule has 0 radical (unpaired) electrons. The number of rotatable bonds is 4. The zero-order valence-corrected chi connectivity index (χ0v) is 13.3. The van der Waals surface area contributed by atoms with E-state index in [1.807, 2.05) is 11.3 Å². The zero-order chi connectivity index (χ0) is 14.0. The first-order chi connectivity index (χ1) is 9.79. The van der Waals surface area contributed by atoms with E-state index in [4.69, 9.17) is 0 Å². The van der Waals surface area contributed by atoms with Crippen LogP contribution in [0.25, 0.3) is 10.1 Å². The fourth-order valence-corrected chi connectivity index (χ4v) is 4.39. The van der Waals surface area contributed by atoms with Crippen molar-refractivity contribution in [2.45, 2.75) is 38.8 Å². The molecule has 20 heavy (non-hydrogen) atoms.